The molecule has 2 aromatic carbocycles. The molecule has 0 aromatic heterocycles. The van der Waals surface area contributed by atoms with Crippen LogP contribution < -0.4 is 10.1 Å². The number of ether oxygens (including phenoxy) is 2. The Kier molecular flexibility index (Phi) is 6.42. The number of nitro benzene ring substituents is 1. The van der Waals surface area contributed by atoms with Gasteiger partial charge in [-0.2, -0.15) is 4.39 Å². The number of esters is 1. The molecule has 0 fully saturated rings. The lowest BCUT2D eigenvalue weighted by Crippen LogP contribution is -2.30. The van der Waals surface area contributed by atoms with Crippen LogP contribution in [0.2, 0.25) is 0 Å². The molecule has 8 nitrogen and oxygen atoms in total. The number of hydrogen-bond donors (Lipinski definition) is 1. The Labute approximate surface area is 154 Å². The van der Waals surface area contributed by atoms with Gasteiger partial charge in [0, 0.05) is 11.8 Å². The van der Waals surface area contributed by atoms with Crippen molar-refractivity contribution in [2.75, 3.05) is 11.9 Å². The lowest BCUT2D eigenvalue weighted by Gasteiger charge is -2.14. The second-order valence-electron chi connectivity index (χ2n) is 5.42. The van der Waals surface area contributed by atoms with Gasteiger partial charge in [0.25, 0.3) is 5.91 Å². The van der Waals surface area contributed by atoms with Crippen molar-refractivity contribution in [3.63, 3.8) is 0 Å². The maximum Gasteiger partial charge on any atom is 0.338 e. The smallest absolute Gasteiger partial charge is 0.338 e. The van der Waals surface area contributed by atoms with E-state index in [9.17, 15) is 24.1 Å². The molecule has 142 valence electrons. The average molecular weight is 376 g/mol. The van der Waals surface area contributed by atoms with E-state index in [1.165, 1.54) is 25.1 Å². The standard InChI is InChI=1S/C18H17FN2O6/c1-3-26-14-7-4-12(5-8-14)18(23)27-11(2)17(22)20-13-6-9-15(19)16(10-13)21(24)25/h4-11H,3H2,1-2H3,(H,20,22)/t11-/m1/s1. The maximum atomic E-state index is 13.3. The number of nitrogens with zero attached hydrogens (tertiary/aromatic N) is 1. The van der Waals surface area contributed by atoms with Crippen LogP contribution in [0.3, 0.4) is 0 Å². The van der Waals surface area contributed by atoms with Crippen molar-refractivity contribution in [2.24, 2.45) is 0 Å². The molecule has 0 saturated carbocycles. The van der Waals surface area contributed by atoms with Crippen molar-refractivity contribution in [1.82, 2.24) is 0 Å². The summed E-state index contributed by atoms with van der Waals surface area (Å²) >= 11 is 0. The van der Waals surface area contributed by atoms with E-state index < -0.39 is 34.4 Å². The molecule has 9 heteroatoms. The summed E-state index contributed by atoms with van der Waals surface area (Å²) in [7, 11) is 0. The van der Waals surface area contributed by atoms with Crippen molar-refractivity contribution in [3.05, 3.63) is 64.0 Å². The lowest BCUT2D eigenvalue weighted by molar-refractivity contribution is -0.387. The number of benzene rings is 2. The van der Waals surface area contributed by atoms with Crippen LogP contribution in [0.25, 0.3) is 0 Å². The van der Waals surface area contributed by atoms with E-state index in [2.05, 4.69) is 5.32 Å². The minimum Gasteiger partial charge on any atom is -0.494 e. The van der Waals surface area contributed by atoms with Crippen LogP contribution in [-0.2, 0) is 9.53 Å². The molecule has 1 amide bonds. The van der Waals surface area contributed by atoms with Gasteiger partial charge in [-0.1, -0.05) is 0 Å². The molecular weight excluding hydrogens is 359 g/mol. The van der Waals surface area contributed by atoms with Gasteiger partial charge in [-0.05, 0) is 50.2 Å². The number of carbonyl (C=O) groups is 2. The molecule has 2 rings (SSSR count). The van der Waals surface area contributed by atoms with Crippen LogP contribution in [0.5, 0.6) is 5.75 Å². The number of halogens is 1. The van der Waals surface area contributed by atoms with Gasteiger partial charge >= 0.3 is 11.7 Å². The summed E-state index contributed by atoms with van der Waals surface area (Å²) in [5.74, 6) is -1.85. The fourth-order valence-corrected chi connectivity index (χ4v) is 2.11. The van der Waals surface area contributed by atoms with Gasteiger partial charge in [-0.25, -0.2) is 4.79 Å². The number of nitrogens with one attached hydrogen (secondary N) is 1. The van der Waals surface area contributed by atoms with Crippen molar-refractivity contribution in [3.8, 4) is 5.75 Å². The molecule has 27 heavy (non-hydrogen) atoms. The highest BCUT2D eigenvalue weighted by molar-refractivity contribution is 5.97. The van der Waals surface area contributed by atoms with E-state index in [0.717, 1.165) is 12.1 Å². The largest absolute Gasteiger partial charge is 0.494 e. The first-order chi connectivity index (χ1) is 12.8. The number of rotatable bonds is 7. The van der Waals surface area contributed by atoms with Crippen LogP contribution in [0.1, 0.15) is 24.2 Å². The fraction of sp³-hybridized carbons (Fsp3) is 0.222. The molecule has 1 N–H and O–H groups in total. The van der Waals surface area contributed by atoms with Crippen LogP contribution in [-0.4, -0.2) is 29.5 Å². The maximum absolute atomic E-state index is 13.3. The predicted molar refractivity (Wildman–Crippen MR) is 94.2 cm³/mol. The molecule has 0 aliphatic carbocycles. The van der Waals surface area contributed by atoms with E-state index in [4.69, 9.17) is 9.47 Å². The van der Waals surface area contributed by atoms with Gasteiger partial charge in [0.2, 0.25) is 5.82 Å². The number of nitro groups is 1. The molecule has 0 unspecified atom stereocenters. The Morgan fingerprint density at radius 2 is 1.89 bits per heavy atom. The number of amides is 1. The van der Waals surface area contributed by atoms with Crippen molar-refractivity contribution in [1.29, 1.82) is 0 Å². The zero-order valence-electron chi connectivity index (χ0n) is 14.6. The second kappa shape index (κ2) is 8.75. The van der Waals surface area contributed by atoms with E-state index in [1.807, 2.05) is 6.92 Å². The van der Waals surface area contributed by atoms with Crippen molar-refractivity contribution < 1.29 is 28.4 Å². The minimum absolute atomic E-state index is 0.0112. The highest BCUT2D eigenvalue weighted by Gasteiger charge is 2.21. The van der Waals surface area contributed by atoms with Gasteiger partial charge < -0.3 is 14.8 Å². The second-order valence-corrected chi connectivity index (χ2v) is 5.42. The lowest BCUT2D eigenvalue weighted by atomic mass is 10.2. The van der Waals surface area contributed by atoms with Crippen LogP contribution >= 0.6 is 0 Å². The Morgan fingerprint density at radius 3 is 2.48 bits per heavy atom. The molecular formula is C18H17FN2O6. The van der Waals surface area contributed by atoms with Gasteiger partial charge in [0.1, 0.15) is 5.75 Å². The van der Waals surface area contributed by atoms with Gasteiger partial charge in [-0.3, -0.25) is 14.9 Å². The molecule has 1 atom stereocenters. The average Bonchev–Trinajstić information content (AvgIpc) is 2.63. The van der Waals surface area contributed by atoms with Gasteiger partial charge in [-0.15, -0.1) is 0 Å². The first-order valence-corrected chi connectivity index (χ1v) is 8.00. The summed E-state index contributed by atoms with van der Waals surface area (Å²) in [5.41, 5.74) is -0.528. The number of anilines is 1. The van der Waals surface area contributed by atoms with E-state index in [1.54, 1.807) is 12.1 Å². The molecule has 0 saturated heterocycles. The summed E-state index contributed by atoms with van der Waals surface area (Å²) in [4.78, 5) is 34.0. The molecule has 0 aliphatic heterocycles. The first-order valence-electron chi connectivity index (χ1n) is 8.00. The summed E-state index contributed by atoms with van der Waals surface area (Å²) < 4.78 is 23.7. The predicted octanol–water partition coefficient (Wildman–Crippen LogP) is 3.32. The summed E-state index contributed by atoms with van der Waals surface area (Å²) in [6.45, 7) is 3.67. The molecule has 2 aromatic rings. The summed E-state index contributed by atoms with van der Waals surface area (Å²) in [6, 6.07) is 9.12. The van der Waals surface area contributed by atoms with Crippen LogP contribution in [0.15, 0.2) is 42.5 Å². The van der Waals surface area contributed by atoms with E-state index in [-0.39, 0.29) is 11.3 Å². The monoisotopic (exact) mass is 376 g/mol. The van der Waals surface area contributed by atoms with Gasteiger partial charge in [0.05, 0.1) is 17.1 Å². The third kappa shape index (κ3) is 5.24. The highest BCUT2D eigenvalue weighted by Crippen LogP contribution is 2.22. The zero-order chi connectivity index (χ0) is 20.0. The number of hydrogen-bond acceptors (Lipinski definition) is 6. The first kappa shape index (κ1) is 19.8. The number of carbonyl (C=O) groups excluding carboxylic acids is 2. The molecule has 0 radical (unpaired) electrons. The molecule has 0 aliphatic rings. The molecule has 0 bridgehead atoms. The Hall–Kier alpha value is -3.49. The van der Waals surface area contributed by atoms with Crippen molar-refractivity contribution in [2.45, 2.75) is 20.0 Å². The highest BCUT2D eigenvalue weighted by atomic mass is 19.1. The Morgan fingerprint density at radius 1 is 1.22 bits per heavy atom. The quantitative estimate of drug-likeness (QED) is 0.451. The van der Waals surface area contributed by atoms with Crippen LogP contribution in [0, 0.1) is 15.9 Å². The normalized spacial score (nSPS) is 11.4. The topological polar surface area (TPSA) is 108 Å². The molecule has 0 heterocycles. The van der Waals surface area contributed by atoms with Crippen LogP contribution in [0.4, 0.5) is 15.8 Å². The van der Waals surface area contributed by atoms with Gasteiger partial charge in [0.15, 0.2) is 6.10 Å². The minimum atomic E-state index is -1.17. The molecule has 0 spiro atoms. The SMILES string of the molecule is CCOc1ccc(C(=O)O[C@H](C)C(=O)Nc2ccc(F)c([N+](=O)[O-])c2)cc1. The zero-order valence-corrected chi connectivity index (χ0v) is 14.6. The Balaban J connectivity index is 1.99. The Bertz CT molecular complexity index is 853. The van der Waals surface area contributed by atoms with Crippen molar-refractivity contribution >= 4 is 23.3 Å². The van der Waals surface area contributed by atoms with E-state index >= 15 is 0 Å². The summed E-state index contributed by atoms with van der Waals surface area (Å²) in [6.07, 6.45) is -1.17. The van der Waals surface area contributed by atoms with E-state index in [0.29, 0.717) is 12.4 Å². The third-order valence-corrected chi connectivity index (χ3v) is 3.46. The summed E-state index contributed by atoms with van der Waals surface area (Å²) in [5, 5.41) is 13.1. The third-order valence-electron chi connectivity index (χ3n) is 3.46. The fourth-order valence-electron chi connectivity index (χ4n) is 2.11.